The molecule has 0 spiro atoms. The van der Waals surface area contributed by atoms with Gasteiger partial charge < -0.3 is 10.2 Å². The van der Waals surface area contributed by atoms with Crippen molar-refractivity contribution in [1.82, 2.24) is 15.5 Å². The van der Waals surface area contributed by atoms with Gasteiger partial charge in [0.1, 0.15) is 0 Å². The smallest absolute Gasteiger partial charge is 0.237 e. The van der Waals surface area contributed by atoms with Crippen LogP contribution in [0.3, 0.4) is 0 Å². The molecule has 2 atom stereocenters. The molecular formula is C12H25N3O2. The van der Waals surface area contributed by atoms with E-state index in [1.807, 2.05) is 6.92 Å². The Labute approximate surface area is 104 Å². The Hall–Kier alpha value is -1.10. The number of hydrogen-bond acceptors (Lipinski definition) is 3. The summed E-state index contributed by atoms with van der Waals surface area (Å²) in [4.78, 5) is 24.5. The standard InChI is InChI=1S/C12H25N3O2/c1-6-7-9(2)14-12(17)10(3)13-8-11(16)15(4)5/h9-10,13H,6-8H2,1-5H3,(H,14,17). The SMILES string of the molecule is CCCC(C)NC(=O)C(C)NCC(=O)N(C)C. The van der Waals surface area contributed by atoms with E-state index in [2.05, 4.69) is 17.6 Å². The average Bonchev–Trinajstić information content (AvgIpc) is 2.25. The van der Waals surface area contributed by atoms with E-state index in [1.165, 1.54) is 4.90 Å². The third-order valence-corrected chi connectivity index (χ3v) is 2.56. The minimum Gasteiger partial charge on any atom is -0.352 e. The highest BCUT2D eigenvalue weighted by molar-refractivity contribution is 5.83. The summed E-state index contributed by atoms with van der Waals surface area (Å²) in [6, 6.07) is -0.167. The maximum atomic E-state index is 11.7. The Balaban J connectivity index is 3.93. The minimum atomic E-state index is -0.349. The van der Waals surface area contributed by atoms with E-state index in [0.29, 0.717) is 0 Å². The monoisotopic (exact) mass is 243 g/mol. The van der Waals surface area contributed by atoms with Crippen molar-refractivity contribution in [1.29, 1.82) is 0 Å². The van der Waals surface area contributed by atoms with Crippen molar-refractivity contribution in [2.24, 2.45) is 0 Å². The molecule has 0 heterocycles. The molecule has 5 heteroatoms. The molecule has 0 aromatic heterocycles. The number of amides is 2. The maximum absolute atomic E-state index is 11.7. The van der Waals surface area contributed by atoms with Crippen LogP contribution in [0, 0.1) is 0 Å². The normalized spacial score (nSPS) is 13.9. The summed E-state index contributed by atoms with van der Waals surface area (Å²) in [6.45, 7) is 6.01. The summed E-state index contributed by atoms with van der Waals surface area (Å²) in [5.41, 5.74) is 0. The van der Waals surface area contributed by atoms with Crippen LogP contribution in [0.2, 0.25) is 0 Å². The van der Waals surface area contributed by atoms with E-state index in [1.54, 1.807) is 21.0 Å². The van der Waals surface area contributed by atoms with Crippen molar-refractivity contribution in [2.75, 3.05) is 20.6 Å². The first-order chi connectivity index (χ1) is 7.88. The van der Waals surface area contributed by atoms with E-state index >= 15 is 0 Å². The quantitative estimate of drug-likeness (QED) is 0.678. The highest BCUT2D eigenvalue weighted by Gasteiger charge is 2.15. The fourth-order valence-electron chi connectivity index (χ4n) is 1.36. The molecule has 0 radical (unpaired) electrons. The lowest BCUT2D eigenvalue weighted by molar-refractivity contribution is -0.128. The van der Waals surface area contributed by atoms with Gasteiger partial charge in [-0.3, -0.25) is 14.9 Å². The summed E-state index contributed by atoms with van der Waals surface area (Å²) in [6.07, 6.45) is 2.01. The van der Waals surface area contributed by atoms with Crippen LogP contribution in [-0.2, 0) is 9.59 Å². The first kappa shape index (κ1) is 15.9. The van der Waals surface area contributed by atoms with Crippen molar-refractivity contribution in [3.05, 3.63) is 0 Å². The van der Waals surface area contributed by atoms with Crippen LogP contribution in [0.15, 0.2) is 0 Å². The Bertz CT molecular complexity index is 254. The molecule has 2 N–H and O–H groups in total. The molecule has 17 heavy (non-hydrogen) atoms. The third kappa shape index (κ3) is 6.94. The van der Waals surface area contributed by atoms with Crippen molar-refractivity contribution in [3.8, 4) is 0 Å². The number of carbonyl (C=O) groups is 2. The topological polar surface area (TPSA) is 61.4 Å². The molecule has 0 bridgehead atoms. The van der Waals surface area contributed by atoms with Crippen LogP contribution in [0.4, 0.5) is 0 Å². The predicted molar refractivity (Wildman–Crippen MR) is 68.7 cm³/mol. The minimum absolute atomic E-state index is 0.0359. The van der Waals surface area contributed by atoms with Gasteiger partial charge >= 0.3 is 0 Å². The third-order valence-electron chi connectivity index (χ3n) is 2.56. The molecule has 0 saturated heterocycles. The number of nitrogens with one attached hydrogen (secondary N) is 2. The second-order valence-electron chi connectivity index (χ2n) is 4.59. The van der Waals surface area contributed by atoms with Crippen LogP contribution in [0.25, 0.3) is 0 Å². The lowest BCUT2D eigenvalue weighted by atomic mass is 10.2. The Morgan fingerprint density at radius 1 is 1.24 bits per heavy atom. The molecule has 5 nitrogen and oxygen atoms in total. The fraction of sp³-hybridized carbons (Fsp3) is 0.833. The van der Waals surface area contributed by atoms with E-state index in [4.69, 9.17) is 0 Å². The summed E-state index contributed by atoms with van der Waals surface area (Å²) >= 11 is 0. The lowest BCUT2D eigenvalue weighted by Gasteiger charge is -2.18. The zero-order valence-corrected chi connectivity index (χ0v) is 11.5. The molecule has 0 aromatic rings. The van der Waals surface area contributed by atoms with Gasteiger partial charge in [-0.2, -0.15) is 0 Å². The molecule has 0 aliphatic rings. The highest BCUT2D eigenvalue weighted by Crippen LogP contribution is 1.95. The first-order valence-electron chi connectivity index (χ1n) is 6.12. The van der Waals surface area contributed by atoms with Crippen molar-refractivity contribution < 1.29 is 9.59 Å². The Kier molecular flexibility index (Phi) is 7.54. The molecule has 0 aliphatic heterocycles. The van der Waals surface area contributed by atoms with Gasteiger partial charge in [0, 0.05) is 20.1 Å². The zero-order valence-electron chi connectivity index (χ0n) is 11.5. The van der Waals surface area contributed by atoms with Crippen molar-refractivity contribution in [2.45, 2.75) is 45.7 Å². The van der Waals surface area contributed by atoms with Crippen LogP contribution in [0.1, 0.15) is 33.6 Å². The number of hydrogen-bond donors (Lipinski definition) is 2. The maximum Gasteiger partial charge on any atom is 0.237 e. The number of nitrogens with zero attached hydrogens (tertiary/aromatic N) is 1. The van der Waals surface area contributed by atoms with E-state index in [0.717, 1.165) is 12.8 Å². The van der Waals surface area contributed by atoms with Gasteiger partial charge in [0.05, 0.1) is 12.6 Å². The Morgan fingerprint density at radius 3 is 2.29 bits per heavy atom. The summed E-state index contributed by atoms with van der Waals surface area (Å²) < 4.78 is 0. The number of carbonyl (C=O) groups excluding carboxylic acids is 2. The van der Waals surface area contributed by atoms with Gasteiger partial charge in [-0.1, -0.05) is 13.3 Å². The second kappa shape index (κ2) is 8.06. The number of rotatable bonds is 7. The van der Waals surface area contributed by atoms with Gasteiger partial charge in [-0.05, 0) is 20.3 Å². The predicted octanol–water partition coefficient (Wildman–Crippen LogP) is 0.358. The van der Waals surface area contributed by atoms with Gasteiger partial charge in [0.15, 0.2) is 0 Å². The van der Waals surface area contributed by atoms with Gasteiger partial charge in [-0.25, -0.2) is 0 Å². The molecule has 100 valence electrons. The molecule has 0 fully saturated rings. The van der Waals surface area contributed by atoms with Crippen LogP contribution in [-0.4, -0.2) is 49.4 Å². The second-order valence-corrected chi connectivity index (χ2v) is 4.59. The molecule has 2 unspecified atom stereocenters. The average molecular weight is 243 g/mol. The lowest BCUT2D eigenvalue weighted by Crippen LogP contribution is -2.48. The van der Waals surface area contributed by atoms with Crippen LogP contribution < -0.4 is 10.6 Å². The van der Waals surface area contributed by atoms with E-state index in [-0.39, 0.29) is 30.4 Å². The van der Waals surface area contributed by atoms with Gasteiger partial charge in [-0.15, -0.1) is 0 Å². The molecule has 2 amide bonds. The van der Waals surface area contributed by atoms with Crippen LogP contribution >= 0.6 is 0 Å². The van der Waals surface area contributed by atoms with Crippen LogP contribution in [0.5, 0.6) is 0 Å². The van der Waals surface area contributed by atoms with E-state index < -0.39 is 0 Å². The molecule has 0 aliphatic carbocycles. The molecular weight excluding hydrogens is 218 g/mol. The van der Waals surface area contributed by atoms with Gasteiger partial charge in [0.2, 0.25) is 11.8 Å². The molecule has 0 saturated carbocycles. The highest BCUT2D eigenvalue weighted by atomic mass is 16.2. The number of likely N-dealkylation sites (N-methyl/N-ethyl adjacent to an activating group) is 1. The summed E-state index contributed by atoms with van der Waals surface area (Å²) in [5.74, 6) is -0.0937. The zero-order chi connectivity index (χ0) is 13.4. The molecule has 0 rings (SSSR count). The first-order valence-corrected chi connectivity index (χ1v) is 6.12. The van der Waals surface area contributed by atoms with Crippen molar-refractivity contribution >= 4 is 11.8 Å². The summed E-state index contributed by atoms with van der Waals surface area (Å²) in [5, 5.41) is 5.81. The van der Waals surface area contributed by atoms with Gasteiger partial charge in [0.25, 0.3) is 0 Å². The van der Waals surface area contributed by atoms with Crippen molar-refractivity contribution in [3.63, 3.8) is 0 Å². The summed E-state index contributed by atoms with van der Waals surface area (Å²) in [7, 11) is 3.39. The Morgan fingerprint density at radius 2 is 1.82 bits per heavy atom. The fourth-order valence-corrected chi connectivity index (χ4v) is 1.36. The molecule has 0 aromatic carbocycles. The van der Waals surface area contributed by atoms with E-state index in [9.17, 15) is 9.59 Å². The largest absolute Gasteiger partial charge is 0.352 e.